The van der Waals surface area contributed by atoms with Gasteiger partial charge in [0.2, 0.25) is 0 Å². The van der Waals surface area contributed by atoms with Crippen LogP contribution in [0.4, 0.5) is 9.59 Å². The van der Waals surface area contributed by atoms with Gasteiger partial charge in [-0.1, -0.05) is 19.8 Å². The Balaban J connectivity index is 1.66. The van der Waals surface area contributed by atoms with E-state index in [2.05, 4.69) is 17.6 Å². The lowest BCUT2D eigenvalue weighted by Crippen LogP contribution is -2.48. The van der Waals surface area contributed by atoms with Crippen molar-refractivity contribution in [3.05, 3.63) is 0 Å². The van der Waals surface area contributed by atoms with E-state index in [9.17, 15) is 19.2 Å². The second-order valence-corrected chi connectivity index (χ2v) is 9.24. The number of imide groups is 1. The fourth-order valence-corrected chi connectivity index (χ4v) is 3.78. The average Bonchev–Trinajstić information content (AvgIpc) is 2.66. The predicted molar refractivity (Wildman–Crippen MR) is 110 cm³/mol. The lowest BCUT2D eigenvalue weighted by Gasteiger charge is -2.32. The largest absolute Gasteiger partial charge is 0.455 e. The molecule has 0 aromatic rings. The maximum absolute atomic E-state index is 12.2. The molecule has 0 aromatic heterocycles. The van der Waals surface area contributed by atoms with Gasteiger partial charge in [0.1, 0.15) is 5.60 Å². The molecule has 0 spiro atoms. The van der Waals surface area contributed by atoms with Gasteiger partial charge in [0, 0.05) is 19.1 Å². The van der Waals surface area contributed by atoms with Gasteiger partial charge in [0.25, 0.3) is 5.91 Å². The summed E-state index contributed by atoms with van der Waals surface area (Å²) in [6.07, 6.45) is 4.68. The lowest BCUT2D eigenvalue weighted by molar-refractivity contribution is -0.153. The highest BCUT2D eigenvalue weighted by Crippen LogP contribution is 2.23. The quantitative estimate of drug-likeness (QED) is 0.669. The number of carbonyl (C=O) groups excluding carboxylic acids is 4. The van der Waals surface area contributed by atoms with Crippen molar-refractivity contribution in [3.63, 3.8) is 0 Å². The molecule has 1 heterocycles. The first-order chi connectivity index (χ1) is 14.0. The summed E-state index contributed by atoms with van der Waals surface area (Å²) in [6.45, 7) is 7.77. The van der Waals surface area contributed by atoms with E-state index in [-0.39, 0.29) is 12.0 Å². The van der Waals surface area contributed by atoms with Crippen LogP contribution in [-0.2, 0) is 19.1 Å². The lowest BCUT2D eigenvalue weighted by atomic mass is 9.86. The molecule has 30 heavy (non-hydrogen) atoms. The summed E-state index contributed by atoms with van der Waals surface area (Å²) in [5, 5.41) is 5.04. The number of ether oxygens (including phenoxy) is 2. The summed E-state index contributed by atoms with van der Waals surface area (Å²) < 4.78 is 10.4. The van der Waals surface area contributed by atoms with Gasteiger partial charge in [0.05, 0.1) is 5.92 Å². The van der Waals surface area contributed by atoms with E-state index in [1.54, 1.807) is 25.7 Å². The van der Waals surface area contributed by atoms with Crippen LogP contribution in [0.25, 0.3) is 0 Å². The molecule has 2 fully saturated rings. The van der Waals surface area contributed by atoms with Crippen LogP contribution < -0.4 is 10.6 Å². The monoisotopic (exact) mass is 425 g/mol. The SMILES string of the molecule is C[C@@H]1CCCC[C@H]1NC(=O)NC(=O)COC(=O)C1CCN(C(=O)OC(C)(C)C)CC1. The number of amides is 4. The first kappa shape index (κ1) is 24.0. The number of hydrogen-bond acceptors (Lipinski definition) is 6. The minimum absolute atomic E-state index is 0.0595. The molecule has 1 aliphatic heterocycles. The third kappa shape index (κ3) is 7.84. The van der Waals surface area contributed by atoms with Crippen LogP contribution in [0.1, 0.15) is 66.2 Å². The van der Waals surface area contributed by atoms with Crippen LogP contribution in [0, 0.1) is 11.8 Å². The molecular formula is C21H35N3O6. The molecule has 4 amide bonds. The van der Waals surface area contributed by atoms with Crippen LogP contribution in [0.3, 0.4) is 0 Å². The second-order valence-electron chi connectivity index (χ2n) is 9.24. The molecule has 9 nitrogen and oxygen atoms in total. The van der Waals surface area contributed by atoms with Crippen molar-refractivity contribution in [3.8, 4) is 0 Å². The van der Waals surface area contributed by atoms with E-state index in [1.807, 2.05) is 0 Å². The number of nitrogens with one attached hydrogen (secondary N) is 2. The number of likely N-dealkylation sites (tertiary alicyclic amines) is 1. The van der Waals surface area contributed by atoms with E-state index >= 15 is 0 Å². The topological polar surface area (TPSA) is 114 Å². The van der Waals surface area contributed by atoms with E-state index in [4.69, 9.17) is 9.47 Å². The van der Waals surface area contributed by atoms with Crippen LogP contribution in [-0.4, -0.2) is 60.2 Å². The molecule has 1 aliphatic carbocycles. The van der Waals surface area contributed by atoms with Gasteiger partial charge in [-0.05, 0) is 52.4 Å². The van der Waals surface area contributed by atoms with E-state index in [0.29, 0.717) is 31.8 Å². The Hall–Kier alpha value is -2.32. The molecule has 0 unspecified atom stereocenters. The first-order valence-corrected chi connectivity index (χ1v) is 10.8. The summed E-state index contributed by atoms with van der Waals surface area (Å²) >= 11 is 0. The Labute approximate surface area is 178 Å². The first-order valence-electron chi connectivity index (χ1n) is 10.8. The third-order valence-corrected chi connectivity index (χ3v) is 5.51. The van der Waals surface area contributed by atoms with Crippen LogP contribution in [0.5, 0.6) is 0 Å². The highest BCUT2D eigenvalue weighted by molar-refractivity contribution is 5.95. The van der Waals surface area contributed by atoms with E-state index in [1.165, 1.54) is 0 Å². The smallest absolute Gasteiger partial charge is 0.410 e. The molecule has 0 bridgehead atoms. The minimum Gasteiger partial charge on any atom is -0.455 e. The van der Waals surface area contributed by atoms with Crippen molar-refractivity contribution in [2.45, 2.75) is 77.9 Å². The van der Waals surface area contributed by atoms with Crippen molar-refractivity contribution < 1.29 is 28.7 Å². The Morgan fingerprint density at radius 2 is 1.63 bits per heavy atom. The molecular weight excluding hydrogens is 390 g/mol. The molecule has 2 atom stereocenters. The predicted octanol–water partition coefficient (Wildman–Crippen LogP) is 2.58. The van der Waals surface area contributed by atoms with Crippen molar-refractivity contribution in [2.75, 3.05) is 19.7 Å². The maximum Gasteiger partial charge on any atom is 0.410 e. The molecule has 2 rings (SSSR count). The fraction of sp³-hybridized carbons (Fsp3) is 0.810. The van der Waals surface area contributed by atoms with Crippen LogP contribution in [0.15, 0.2) is 0 Å². The van der Waals surface area contributed by atoms with Gasteiger partial charge in [-0.15, -0.1) is 0 Å². The Kier molecular flexibility index (Phi) is 8.49. The molecule has 170 valence electrons. The maximum atomic E-state index is 12.2. The van der Waals surface area contributed by atoms with E-state index < -0.39 is 36.2 Å². The normalized spacial score (nSPS) is 22.7. The second kappa shape index (κ2) is 10.6. The Morgan fingerprint density at radius 3 is 2.23 bits per heavy atom. The van der Waals surface area contributed by atoms with Gasteiger partial charge < -0.3 is 19.7 Å². The highest BCUT2D eigenvalue weighted by atomic mass is 16.6. The zero-order valence-corrected chi connectivity index (χ0v) is 18.5. The summed E-state index contributed by atoms with van der Waals surface area (Å²) in [5.74, 6) is -1.15. The van der Waals surface area contributed by atoms with Gasteiger partial charge in [-0.3, -0.25) is 14.9 Å². The number of nitrogens with zero attached hydrogens (tertiary/aromatic N) is 1. The van der Waals surface area contributed by atoms with E-state index in [0.717, 1.165) is 25.7 Å². The van der Waals surface area contributed by atoms with Crippen LogP contribution in [0.2, 0.25) is 0 Å². The Bertz CT molecular complexity index is 637. The number of urea groups is 1. The minimum atomic E-state index is -0.657. The highest BCUT2D eigenvalue weighted by Gasteiger charge is 2.31. The van der Waals surface area contributed by atoms with Crippen molar-refractivity contribution >= 4 is 24.0 Å². The summed E-state index contributed by atoms with van der Waals surface area (Å²) in [4.78, 5) is 49.8. The van der Waals surface area contributed by atoms with Crippen LogP contribution >= 0.6 is 0 Å². The number of rotatable bonds is 4. The van der Waals surface area contributed by atoms with Gasteiger partial charge in [0.15, 0.2) is 6.61 Å². The standard InChI is InChI=1S/C21H35N3O6/c1-14-7-5-6-8-16(14)22-19(27)23-17(25)13-29-18(26)15-9-11-24(12-10-15)20(28)30-21(2,3)4/h14-16H,5-13H2,1-4H3,(H2,22,23,25,27)/t14-,16-/m1/s1. The number of hydrogen-bond donors (Lipinski definition) is 2. The van der Waals surface area contributed by atoms with Gasteiger partial charge in [-0.2, -0.15) is 0 Å². The zero-order chi connectivity index (χ0) is 22.3. The molecule has 0 radical (unpaired) electrons. The number of carbonyl (C=O) groups is 4. The van der Waals surface area contributed by atoms with Gasteiger partial charge >= 0.3 is 18.1 Å². The fourth-order valence-electron chi connectivity index (χ4n) is 3.78. The molecule has 2 N–H and O–H groups in total. The molecule has 9 heteroatoms. The van der Waals surface area contributed by atoms with Crippen molar-refractivity contribution in [1.29, 1.82) is 0 Å². The zero-order valence-electron chi connectivity index (χ0n) is 18.5. The molecule has 1 saturated carbocycles. The summed E-state index contributed by atoms with van der Waals surface area (Å²) in [5.41, 5.74) is -0.568. The van der Waals surface area contributed by atoms with Crippen molar-refractivity contribution in [2.24, 2.45) is 11.8 Å². The van der Waals surface area contributed by atoms with Crippen molar-refractivity contribution in [1.82, 2.24) is 15.5 Å². The molecule has 0 aromatic carbocycles. The van der Waals surface area contributed by atoms with Gasteiger partial charge in [-0.25, -0.2) is 9.59 Å². The molecule has 1 saturated heterocycles. The molecule has 2 aliphatic rings. The Morgan fingerprint density at radius 1 is 1.00 bits per heavy atom. The number of esters is 1. The summed E-state index contributed by atoms with van der Waals surface area (Å²) in [6, 6.07) is -0.496. The third-order valence-electron chi connectivity index (χ3n) is 5.51. The summed E-state index contributed by atoms with van der Waals surface area (Å²) in [7, 11) is 0. The number of piperidine rings is 1. The average molecular weight is 426 g/mol.